The Bertz CT molecular complexity index is 360. The lowest BCUT2D eigenvalue weighted by atomic mass is 9.83. The van der Waals surface area contributed by atoms with E-state index in [1.54, 1.807) is 0 Å². The number of nitrogens with zero attached hydrogens (tertiary/aromatic N) is 2. The Labute approximate surface area is 111 Å². The minimum atomic E-state index is 0.528. The third-order valence-electron chi connectivity index (χ3n) is 3.86. The van der Waals surface area contributed by atoms with Gasteiger partial charge in [-0.3, -0.25) is 9.88 Å². The molecule has 0 aromatic carbocycles. The first-order valence-electron chi connectivity index (χ1n) is 6.90. The minimum absolute atomic E-state index is 0.528. The lowest BCUT2D eigenvalue weighted by Crippen LogP contribution is -2.36. The summed E-state index contributed by atoms with van der Waals surface area (Å²) >= 11 is 0. The molecule has 1 aromatic rings. The second kappa shape index (κ2) is 5.81. The summed E-state index contributed by atoms with van der Waals surface area (Å²) in [6.07, 6.45) is 4.58. The van der Waals surface area contributed by atoms with Crippen molar-refractivity contribution < 1.29 is 0 Å². The Morgan fingerprint density at radius 2 is 2.00 bits per heavy atom. The van der Waals surface area contributed by atoms with E-state index in [4.69, 9.17) is 0 Å². The van der Waals surface area contributed by atoms with Crippen LogP contribution in [0.25, 0.3) is 0 Å². The molecule has 1 saturated heterocycles. The highest BCUT2D eigenvalue weighted by Gasteiger charge is 2.25. The van der Waals surface area contributed by atoms with Gasteiger partial charge in [-0.1, -0.05) is 19.9 Å². The third kappa shape index (κ3) is 3.79. The van der Waals surface area contributed by atoms with Crippen LogP contribution in [0.15, 0.2) is 18.3 Å². The molecule has 1 fully saturated rings. The van der Waals surface area contributed by atoms with Crippen LogP contribution in [0.5, 0.6) is 0 Å². The molecule has 1 aliphatic rings. The Morgan fingerprint density at radius 3 is 2.56 bits per heavy atom. The summed E-state index contributed by atoms with van der Waals surface area (Å²) in [5.41, 5.74) is 2.97. The van der Waals surface area contributed by atoms with Gasteiger partial charge in [0.25, 0.3) is 0 Å². The van der Waals surface area contributed by atoms with Crippen molar-refractivity contribution in [2.45, 2.75) is 39.8 Å². The molecule has 0 bridgehead atoms. The zero-order valence-electron chi connectivity index (χ0n) is 11.9. The van der Waals surface area contributed by atoms with E-state index < -0.39 is 0 Å². The van der Waals surface area contributed by atoms with Crippen LogP contribution in [0.3, 0.4) is 0 Å². The molecule has 0 atom stereocenters. The number of hydrogen-bond donors (Lipinski definition) is 1. The largest absolute Gasteiger partial charge is 0.316 e. The van der Waals surface area contributed by atoms with Gasteiger partial charge in [0.05, 0.1) is 5.69 Å². The maximum absolute atomic E-state index is 4.55. The van der Waals surface area contributed by atoms with Crippen LogP contribution < -0.4 is 5.32 Å². The number of likely N-dealkylation sites (tertiary alicyclic amines) is 1. The van der Waals surface area contributed by atoms with E-state index >= 15 is 0 Å². The molecule has 1 aromatic heterocycles. The second-order valence-corrected chi connectivity index (χ2v) is 6.13. The van der Waals surface area contributed by atoms with Gasteiger partial charge in [0.2, 0.25) is 0 Å². The quantitative estimate of drug-likeness (QED) is 0.885. The normalized spacial score (nSPS) is 19.9. The monoisotopic (exact) mass is 247 g/mol. The molecule has 0 saturated carbocycles. The second-order valence-electron chi connectivity index (χ2n) is 6.13. The van der Waals surface area contributed by atoms with Crippen molar-refractivity contribution in [1.82, 2.24) is 15.2 Å². The van der Waals surface area contributed by atoms with Crippen LogP contribution in [0, 0.1) is 5.41 Å². The predicted molar refractivity (Wildman–Crippen MR) is 75.3 cm³/mol. The Kier molecular flexibility index (Phi) is 4.36. The molecule has 0 radical (unpaired) electrons. The fraction of sp³-hybridized carbons (Fsp3) is 0.667. The number of aromatic nitrogens is 1. The van der Waals surface area contributed by atoms with Crippen LogP contribution in [-0.2, 0) is 13.1 Å². The van der Waals surface area contributed by atoms with E-state index in [0.29, 0.717) is 5.41 Å². The maximum Gasteiger partial charge on any atom is 0.0544 e. The summed E-state index contributed by atoms with van der Waals surface area (Å²) < 4.78 is 0. The minimum Gasteiger partial charge on any atom is -0.316 e. The van der Waals surface area contributed by atoms with Crippen LogP contribution in [0.1, 0.15) is 37.9 Å². The number of rotatable bonds is 4. The van der Waals surface area contributed by atoms with Gasteiger partial charge in [0, 0.05) is 19.3 Å². The predicted octanol–water partition coefficient (Wildman–Crippen LogP) is 2.42. The first-order chi connectivity index (χ1) is 8.59. The van der Waals surface area contributed by atoms with E-state index in [9.17, 15) is 0 Å². The molecule has 2 heterocycles. The number of piperidine rings is 1. The van der Waals surface area contributed by atoms with Gasteiger partial charge in [-0.25, -0.2) is 0 Å². The maximum atomic E-state index is 4.55. The number of pyridine rings is 1. The van der Waals surface area contributed by atoms with Crippen LogP contribution in [-0.4, -0.2) is 30.0 Å². The van der Waals surface area contributed by atoms with E-state index in [0.717, 1.165) is 13.1 Å². The summed E-state index contributed by atoms with van der Waals surface area (Å²) in [4.78, 5) is 7.07. The molecule has 1 N–H and O–H groups in total. The molecular weight excluding hydrogens is 222 g/mol. The Balaban J connectivity index is 1.86. The zero-order chi connectivity index (χ0) is 13.0. The highest BCUT2D eigenvalue weighted by atomic mass is 15.1. The standard InChI is InChI=1S/C15H25N3/c1-15(2)6-8-18(9-7-15)12-14-5-4-13(10-16-3)11-17-14/h4-5,11,16H,6-10,12H2,1-3H3. The first-order valence-corrected chi connectivity index (χ1v) is 6.90. The summed E-state index contributed by atoms with van der Waals surface area (Å²) in [5, 5.41) is 3.14. The van der Waals surface area contributed by atoms with Gasteiger partial charge in [0.1, 0.15) is 0 Å². The third-order valence-corrected chi connectivity index (χ3v) is 3.86. The fourth-order valence-corrected chi connectivity index (χ4v) is 2.40. The van der Waals surface area contributed by atoms with Crippen LogP contribution in [0.4, 0.5) is 0 Å². The number of hydrogen-bond acceptors (Lipinski definition) is 3. The van der Waals surface area contributed by atoms with Crippen LogP contribution >= 0.6 is 0 Å². The van der Waals surface area contributed by atoms with Gasteiger partial charge >= 0.3 is 0 Å². The summed E-state index contributed by atoms with van der Waals surface area (Å²) in [6.45, 7) is 9.03. The molecule has 0 aliphatic carbocycles. The molecule has 100 valence electrons. The molecular formula is C15H25N3. The van der Waals surface area contributed by atoms with Crippen LogP contribution in [0.2, 0.25) is 0 Å². The van der Waals surface area contributed by atoms with Crippen molar-refractivity contribution in [3.8, 4) is 0 Å². The van der Waals surface area contributed by atoms with Crippen molar-refractivity contribution >= 4 is 0 Å². The first kappa shape index (κ1) is 13.5. The summed E-state index contributed by atoms with van der Waals surface area (Å²) in [7, 11) is 1.96. The van der Waals surface area contributed by atoms with Crippen molar-refractivity contribution in [2.24, 2.45) is 5.41 Å². The molecule has 0 spiro atoms. The van der Waals surface area contributed by atoms with Crippen molar-refractivity contribution in [3.63, 3.8) is 0 Å². The molecule has 0 unspecified atom stereocenters. The highest BCUT2D eigenvalue weighted by molar-refractivity contribution is 5.14. The zero-order valence-corrected chi connectivity index (χ0v) is 11.9. The molecule has 1 aliphatic heterocycles. The Hall–Kier alpha value is -0.930. The molecule has 18 heavy (non-hydrogen) atoms. The van der Waals surface area contributed by atoms with E-state index in [1.807, 2.05) is 13.2 Å². The van der Waals surface area contributed by atoms with Gasteiger partial charge in [-0.05, 0) is 50.0 Å². The van der Waals surface area contributed by atoms with E-state index in [1.165, 1.54) is 37.2 Å². The number of nitrogens with one attached hydrogen (secondary N) is 1. The van der Waals surface area contributed by atoms with E-state index in [-0.39, 0.29) is 0 Å². The lowest BCUT2D eigenvalue weighted by molar-refractivity contribution is 0.126. The molecule has 0 amide bonds. The smallest absolute Gasteiger partial charge is 0.0544 e. The van der Waals surface area contributed by atoms with Gasteiger partial charge in [0.15, 0.2) is 0 Å². The summed E-state index contributed by atoms with van der Waals surface area (Å²) in [5.74, 6) is 0. The van der Waals surface area contributed by atoms with Gasteiger partial charge in [-0.15, -0.1) is 0 Å². The molecule has 3 heteroatoms. The topological polar surface area (TPSA) is 28.2 Å². The van der Waals surface area contributed by atoms with E-state index in [2.05, 4.69) is 41.2 Å². The average Bonchev–Trinajstić information content (AvgIpc) is 2.35. The highest BCUT2D eigenvalue weighted by Crippen LogP contribution is 2.30. The van der Waals surface area contributed by atoms with Crippen molar-refractivity contribution in [1.29, 1.82) is 0 Å². The Morgan fingerprint density at radius 1 is 1.28 bits per heavy atom. The average molecular weight is 247 g/mol. The van der Waals surface area contributed by atoms with Crippen molar-refractivity contribution in [2.75, 3.05) is 20.1 Å². The van der Waals surface area contributed by atoms with Gasteiger partial charge < -0.3 is 5.32 Å². The van der Waals surface area contributed by atoms with Gasteiger partial charge in [-0.2, -0.15) is 0 Å². The van der Waals surface area contributed by atoms with Crippen molar-refractivity contribution in [3.05, 3.63) is 29.6 Å². The molecule has 2 rings (SSSR count). The lowest BCUT2D eigenvalue weighted by Gasteiger charge is -2.36. The fourth-order valence-electron chi connectivity index (χ4n) is 2.40. The molecule has 3 nitrogen and oxygen atoms in total. The summed E-state index contributed by atoms with van der Waals surface area (Å²) in [6, 6.07) is 4.33. The SMILES string of the molecule is CNCc1ccc(CN2CCC(C)(C)CC2)nc1.